The molecule has 2 fully saturated rings. The molecule has 0 aromatic heterocycles. The number of hydrogen-bond acceptors (Lipinski definition) is 2. The van der Waals surface area contributed by atoms with Crippen molar-refractivity contribution in [2.45, 2.75) is 6.04 Å². The number of likely N-dealkylation sites (N-methyl/N-ethyl adjacent to an activating group) is 1. The minimum atomic E-state index is 0. The van der Waals surface area contributed by atoms with E-state index in [4.69, 9.17) is 0 Å². The maximum atomic E-state index is 4.43. The van der Waals surface area contributed by atoms with Gasteiger partial charge < -0.3 is 15.1 Å². The Morgan fingerprint density at radius 2 is 2.08 bits per heavy atom. The molecular weight excluding hydrogens is 177 g/mol. The summed E-state index contributed by atoms with van der Waals surface area (Å²) in [7, 11) is 2.20. The summed E-state index contributed by atoms with van der Waals surface area (Å²) in [6, 6.07) is 0.725. The van der Waals surface area contributed by atoms with Gasteiger partial charge in [0.05, 0.1) is 0 Å². The van der Waals surface area contributed by atoms with Crippen LogP contribution in [-0.2, 0) is 0 Å². The van der Waals surface area contributed by atoms with Crippen molar-refractivity contribution in [2.24, 2.45) is 0 Å². The molecule has 4 heteroatoms. The first-order valence-corrected chi connectivity index (χ1v) is 4.42. The first-order valence-electron chi connectivity index (χ1n) is 4.42. The summed E-state index contributed by atoms with van der Waals surface area (Å²) in [6.07, 6.45) is 0. The van der Waals surface area contributed by atoms with Gasteiger partial charge in [0.25, 0.3) is 0 Å². The van der Waals surface area contributed by atoms with E-state index in [1.807, 2.05) is 0 Å². The number of fused-ring (bicyclic) bond motifs is 1. The third-order valence-corrected chi connectivity index (χ3v) is 2.69. The molecule has 0 saturated carbocycles. The monoisotopic (exact) mass is 193 g/mol. The largest absolute Gasteiger partial charge is 1.00 e. The average Bonchev–Trinajstić information content (AvgIpc) is 2.04. The van der Waals surface area contributed by atoms with E-state index in [9.17, 15) is 0 Å². The molecule has 0 bridgehead atoms. The van der Waals surface area contributed by atoms with Gasteiger partial charge >= 0.3 is 51.4 Å². The molecule has 3 nitrogen and oxygen atoms in total. The standard InChI is InChI=1S/C8H16N3.K/c1-10-4-5-11-3-2-9-6-8(11)7-10;/h8H,2-7H2,1H3;/q-1;+1. The van der Waals surface area contributed by atoms with E-state index in [2.05, 4.69) is 22.2 Å². The van der Waals surface area contributed by atoms with Crippen LogP contribution in [0, 0.1) is 0 Å². The van der Waals surface area contributed by atoms with Crippen molar-refractivity contribution in [3.63, 3.8) is 0 Å². The van der Waals surface area contributed by atoms with Crippen LogP contribution in [0.4, 0.5) is 0 Å². The van der Waals surface area contributed by atoms with Crippen molar-refractivity contribution < 1.29 is 51.4 Å². The molecule has 0 N–H and O–H groups in total. The molecule has 0 aromatic rings. The second-order valence-electron chi connectivity index (χ2n) is 3.58. The second kappa shape index (κ2) is 5.41. The van der Waals surface area contributed by atoms with Crippen LogP contribution in [0.3, 0.4) is 0 Å². The fourth-order valence-corrected chi connectivity index (χ4v) is 1.96. The van der Waals surface area contributed by atoms with Gasteiger partial charge in [0.2, 0.25) is 0 Å². The van der Waals surface area contributed by atoms with Crippen LogP contribution in [0.5, 0.6) is 0 Å². The van der Waals surface area contributed by atoms with E-state index < -0.39 is 0 Å². The number of nitrogens with zero attached hydrogens (tertiary/aromatic N) is 3. The summed E-state index contributed by atoms with van der Waals surface area (Å²) >= 11 is 0. The Morgan fingerprint density at radius 1 is 1.25 bits per heavy atom. The van der Waals surface area contributed by atoms with Gasteiger partial charge in [0, 0.05) is 25.7 Å². The van der Waals surface area contributed by atoms with E-state index in [1.54, 1.807) is 0 Å². The Hall–Kier alpha value is 1.52. The summed E-state index contributed by atoms with van der Waals surface area (Å²) < 4.78 is 0. The van der Waals surface area contributed by atoms with Gasteiger partial charge in [-0.15, -0.1) is 13.1 Å². The Balaban J connectivity index is 0.000000720. The maximum absolute atomic E-state index is 4.43. The Morgan fingerprint density at radius 3 is 2.92 bits per heavy atom. The number of rotatable bonds is 0. The molecule has 0 aliphatic carbocycles. The molecule has 0 aromatic carbocycles. The molecular formula is C8H16KN3. The van der Waals surface area contributed by atoms with Crippen LogP contribution in [0.2, 0.25) is 0 Å². The molecule has 64 valence electrons. The second-order valence-corrected chi connectivity index (χ2v) is 3.58. The summed E-state index contributed by atoms with van der Waals surface area (Å²) in [5, 5.41) is 4.43. The molecule has 1 atom stereocenters. The van der Waals surface area contributed by atoms with Crippen LogP contribution in [0.25, 0.3) is 5.32 Å². The van der Waals surface area contributed by atoms with Gasteiger partial charge in [-0.3, -0.25) is 0 Å². The van der Waals surface area contributed by atoms with Crippen LogP contribution in [-0.4, -0.2) is 62.2 Å². The van der Waals surface area contributed by atoms with Crippen molar-refractivity contribution in [1.82, 2.24) is 9.80 Å². The topological polar surface area (TPSA) is 20.6 Å². The van der Waals surface area contributed by atoms with Gasteiger partial charge in [-0.25, -0.2) is 0 Å². The molecule has 2 saturated heterocycles. The number of hydrogen-bond donors (Lipinski definition) is 0. The Labute approximate surface area is 117 Å². The number of piperazine rings is 2. The van der Waals surface area contributed by atoms with Crippen LogP contribution < -0.4 is 51.4 Å². The summed E-state index contributed by atoms with van der Waals surface area (Å²) in [5.41, 5.74) is 0. The maximum Gasteiger partial charge on any atom is 1.00 e. The van der Waals surface area contributed by atoms with Crippen molar-refractivity contribution >= 4 is 0 Å². The first-order chi connectivity index (χ1) is 5.36. The molecule has 2 heterocycles. The third-order valence-electron chi connectivity index (χ3n) is 2.69. The van der Waals surface area contributed by atoms with Crippen LogP contribution in [0.15, 0.2) is 0 Å². The van der Waals surface area contributed by atoms with E-state index in [0.717, 1.165) is 19.1 Å². The van der Waals surface area contributed by atoms with Gasteiger partial charge in [-0.2, -0.15) is 0 Å². The fourth-order valence-electron chi connectivity index (χ4n) is 1.96. The van der Waals surface area contributed by atoms with Crippen LogP contribution >= 0.6 is 0 Å². The minimum absolute atomic E-state index is 0. The van der Waals surface area contributed by atoms with Crippen LogP contribution in [0.1, 0.15) is 0 Å². The van der Waals surface area contributed by atoms with E-state index in [-0.39, 0.29) is 51.4 Å². The zero-order valence-electron chi connectivity index (χ0n) is 8.16. The van der Waals surface area contributed by atoms with E-state index >= 15 is 0 Å². The molecule has 2 aliphatic rings. The summed E-state index contributed by atoms with van der Waals surface area (Å²) in [5.74, 6) is 0. The predicted octanol–water partition coefficient (Wildman–Crippen LogP) is -3.01. The molecule has 2 aliphatic heterocycles. The third kappa shape index (κ3) is 2.75. The molecule has 1 unspecified atom stereocenters. The molecule has 0 amide bonds. The van der Waals surface area contributed by atoms with Gasteiger partial charge in [-0.05, 0) is 13.6 Å². The minimum Gasteiger partial charge on any atom is -0.660 e. The molecule has 0 radical (unpaired) electrons. The van der Waals surface area contributed by atoms with Crippen molar-refractivity contribution in [3.8, 4) is 0 Å². The zero-order chi connectivity index (χ0) is 7.68. The average molecular weight is 193 g/mol. The molecule has 12 heavy (non-hydrogen) atoms. The van der Waals surface area contributed by atoms with E-state index in [0.29, 0.717) is 0 Å². The normalized spacial score (nSPS) is 32.2. The SMILES string of the molecule is CN1CCN2CC[N-]CC2C1.[K+]. The Kier molecular flexibility index (Phi) is 5.23. The van der Waals surface area contributed by atoms with E-state index in [1.165, 1.54) is 26.2 Å². The Bertz CT molecular complexity index is 142. The first kappa shape index (κ1) is 11.6. The van der Waals surface area contributed by atoms with Gasteiger partial charge in [0.1, 0.15) is 0 Å². The fraction of sp³-hybridized carbons (Fsp3) is 1.00. The summed E-state index contributed by atoms with van der Waals surface area (Å²) in [6.45, 7) is 7.00. The molecule has 2 rings (SSSR count). The quantitative estimate of drug-likeness (QED) is 0.382. The summed E-state index contributed by atoms with van der Waals surface area (Å²) in [4.78, 5) is 4.98. The van der Waals surface area contributed by atoms with Crippen molar-refractivity contribution in [1.29, 1.82) is 0 Å². The van der Waals surface area contributed by atoms with Crippen molar-refractivity contribution in [2.75, 3.05) is 46.3 Å². The smallest absolute Gasteiger partial charge is 0.660 e. The predicted molar refractivity (Wildman–Crippen MR) is 46.0 cm³/mol. The van der Waals surface area contributed by atoms with Gasteiger partial charge in [-0.1, -0.05) is 0 Å². The zero-order valence-corrected chi connectivity index (χ0v) is 11.3. The van der Waals surface area contributed by atoms with Crippen molar-refractivity contribution in [3.05, 3.63) is 5.32 Å². The van der Waals surface area contributed by atoms with Gasteiger partial charge in [0.15, 0.2) is 0 Å². The molecule has 0 spiro atoms.